The van der Waals surface area contributed by atoms with E-state index in [0.29, 0.717) is 0 Å². The summed E-state index contributed by atoms with van der Waals surface area (Å²) in [5.74, 6) is 0. The van der Waals surface area contributed by atoms with Crippen LogP contribution in [-0.2, 0) is 4.65 Å². The summed E-state index contributed by atoms with van der Waals surface area (Å²) in [6.45, 7) is 0. The minimum Gasteiger partial charge on any atom is -0.565 e. The van der Waals surface area contributed by atoms with Crippen molar-refractivity contribution < 1.29 is 9.76 Å². The van der Waals surface area contributed by atoms with Crippen LogP contribution in [0.2, 0.25) is 0 Å². The van der Waals surface area contributed by atoms with Gasteiger partial charge in [0.15, 0.2) is 0 Å². The van der Waals surface area contributed by atoms with Crippen molar-refractivity contribution in [2.24, 2.45) is 0 Å². The van der Waals surface area contributed by atoms with Gasteiger partial charge in [-0.3, -0.25) is 0 Å². The van der Waals surface area contributed by atoms with Crippen molar-refractivity contribution in [2.45, 2.75) is 6.00 Å². The Kier molecular flexibility index (Phi) is 0.840. The fraction of sp³-hybridized carbons (Fsp3) is 0.333. The lowest BCUT2D eigenvalue weighted by atomic mass is 9.94. The first-order valence-electron chi connectivity index (χ1n) is 1.73. The molecule has 0 fully saturated rings. The summed E-state index contributed by atoms with van der Waals surface area (Å²) in [6.07, 6.45) is 3.00. The topological polar surface area (TPSA) is 29.5 Å². The van der Waals surface area contributed by atoms with Gasteiger partial charge in [0.25, 0.3) is 0 Å². The average molecular weight is 82.9 g/mol. The van der Waals surface area contributed by atoms with Gasteiger partial charge in [-0.25, -0.2) is 0 Å². The van der Waals surface area contributed by atoms with Gasteiger partial charge in [0.1, 0.15) is 0 Å². The predicted octanol–water partition coefficient (Wildman–Crippen LogP) is -0.532. The van der Waals surface area contributed by atoms with Gasteiger partial charge in [-0.2, -0.15) is 0 Å². The van der Waals surface area contributed by atoms with Crippen LogP contribution in [0.1, 0.15) is 0 Å². The summed E-state index contributed by atoms with van der Waals surface area (Å²) in [6, 6.07) is -0.481. The smallest absolute Gasteiger partial charge is 0.404 e. The summed E-state index contributed by atoms with van der Waals surface area (Å²) >= 11 is 0. The number of hydrogen-bond acceptors (Lipinski definition) is 2. The van der Waals surface area contributed by atoms with Crippen molar-refractivity contribution >= 4 is 7.48 Å². The molecule has 2 nitrogen and oxygen atoms in total. The van der Waals surface area contributed by atoms with Gasteiger partial charge in [-0.1, -0.05) is 0 Å². The SMILES string of the molecule is OC1[B]OC=C1. The number of aliphatic hydroxyl groups is 1. The Bertz CT molecular complexity index is 71.2. The first-order chi connectivity index (χ1) is 2.89. The molecule has 1 rings (SSSR count). The van der Waals surface area contributed by atoms with E-state index >= 15 is 0 Å². The molecule has 1 radical (unpaired) electrons. The zero-order valence-electron chi connectivity index (χ0n) is 3.16. The Morgan fingerprint density at radius 2 is 2.67 bits per heavy atom. The molecule has 1 aliphatic heterocycles. The van der Waals surface area contributed by atoms with Crippen LogP contribution in [0.4, 0.5) is 0 Å². The van der Waals surface area contributed by atoms with Gasteiger partial charge in [-0.15, -0.1) is 0 Å². The minimum absolute atomic E-state index is 0.481. The fourth-order valence-corrected chi connectivity index (χ4v) is 0.297. The number of rotatable bonds is 0. The largest absolute Gasteiger partial charge is 0.565 e. The van der Waals surface area contributed by atoms with E-state index in [0.717, 1.165) is 0 Å². The lowest BCUT2D eigenvalue weighted by molar-refractivity contribution is 0.293. The number of aliphatic hydroxyl groups excluding tert-OH is 1. The molecule has 1 atom stereocenters. The van der Waals surface area contributed by atoms with E-state index in [4.69, 9.17) is 5.11 Å². The molecule has 1 heterocycles. The van der Waals surface area contributed by atoms with Crippen LogP contribution in [0.3, 0.4) is 0 Å². The lowest BCUT2D eigenvalue weighted by Gasteiger charge is -1.85. The van der Waals surface area contributed by atoms with Gasteiger partial charge in [0.2, 0.25) is 0 Å². The molecular formula is C3H4BO2. The van der Waals surface area contributed by atoms with E-state index in [1.165, 1.54) is 13.7 Å². The quantitative estimate of drug-likeness (QED) is 0.399. The van der Waals surface area contributed by atoms with Crippen LogP contribution in [0.25, 0.3) is 0 Å². The second-order valence-electron chi connectivity index (χ2n) is 1.09. The second kappa shape index (κ2) is 1.35. The summed E-state index contributed by atoms with van der Waals surface area (Å²) < 4.78 is 4.50. The van der Waals surface area contributed by atoms with Crippen LogP contribution in [0.5, 0.6) is 0 Å². The average Bonchev–Trinajstić information content (AvgIpc) is 1.86. The maximum absolute atomic E-state index is 8.46. The molecule has 31 valence electrons. The Hall–Kier alpha value is -0.435. The second-order valence-corrected chi connectivity index (χ2v) is 1.09. The third-order valence-corrected chi connectivity index (χ3v) is 0.572. The van der Waals surface area contributed by atoms with Crippen molar-refractivity contribution in [2.75, 3.05) is 0 Å². The normalized spacial score (nSPS) is 29.2. The summed E-state index contributed by atoms with van der Waals surface area (Å²) in [4.78, 5) is 0. The Balaban J connectivity index is 2.38. The predicted molar refractivity (Wildman–Crippen MR) is 22.0 cm³/mol. The third-order valence-electron chi connectivity index (χ3n) is 0.572. The summed E-state index contributed by atoms with van der Waals surface area (Å²) in [5.41, 5.74) is 0. The van der Waals surface area contributed by atoms with Gasteiger partial charge in [0, 0.05) is 0 Å². The van der Waals surface area contributed by atoms with Crippen LogP contribution in [-0.4, -0.2) is 18.6 Å². The molecule has 3 heteroatoms. The van der Waals surface area contributed by atoms with Gasteiger partial charge >= 0.3 is 7.48 Å². The van der Waals surface area contributed by atoms with Crippen molar-refractivity contribution in [1.82, 2.24) is 0 Å². The van der Waals surface area contributed by atoms with Gasteiger partial charge in [0.05, 0.1) is 12.3 Å². The molecule has 0 saturated carbocycles. The van der Waals surface area contributed by atoms with Gasteiger partial charge in [-0.05, 0) is 6.08 Å². The molecule has 1 aliphatic rings. The van der Waals surface area contributed by atoms with Crippen LogP contribution >= 0.6 is 0 Å². The van der Waals surface area contributed by atoms with Crippen LogP contribution in [0.15, 0.2) is 12.3 Å². The minimum atomic E-state index is -0.481. The molecule has 0 aromatic heterocycles. The molecule has 1 unspecified atom stereocenters. The molecule has 0 aliphatic carbocycles. The molecule has 6 heavy (non-hydrogen) atoms. The molecule has 0 saturated heterocycles. The van der Waals surface area contributed by atoms with Crippen LogP contribution < -0.4 is 0 Å². The molecular weight excluding hydrogens is 78.8 g/mol. The standard InChI is InChI=1S/C3H4BO2/c5-3-1-2-6-4-3/h1-3,5H. The summed E-state index contributed by atoms with van der Waals surface area (Å²) in [7, 11) is 1.35. The van der Waals surface area contributed by atoms with Crippen LogP contribution in [0, 0.1) is 0 Å². The molecule has 0 bridgehead atoms. The Morgan fingerprint density at radius 1 is 1.83 bits per heavy atom. The highest BCUT2D eigenvalue weighted by Crippen LogP contribution is 1.92. The third kappa shape index (κ3) is 0.544. The Labute approximate surface area is 36.7 Å². The molecule has 0 aromatic carbocycles. The van der Waals surface area contributed by atoms with Crippen molar-refractivity contribution in [3.8, 4) is 0 Å². The van der Waals surface area contributed by atoms with E-state index in [-0.39, 0.29) is 0 Å². The maximum atomic E-state index is 8.46. The fourth-order valence-electron chi connectivity index (χ4n) is 0.297. The molecule has 1 N–H and O–H groups in total. The summed E-state index contributed by atoms with van der Waals surface area (Å²) in [5, 5.41) is 8.46. The van der Waals surface area contributed by atoms with Crippen molar-refractivity contribution in [3.05, 3.63) is 12.3 Å². The van der Waals surface area contributed by atoms with Crippen molar-refractivity contribution in [1.29, 1.82) is 0 Å². The lowest BCUT2D eigenvalue weighted by Crippen LogP contribution is -2.07. The highest BCUT2D eigenvalue weighted by molar-refractivity contribution is 6.31. The maximum Gasteiger partial charge on any atom is 0.404 e. The first-order valence-corrected chi connectivity index (χ1v) is 1.73. The van der Waals surface area contributed by atoms with E-state index in [1.807, 2.05) is 0 Å². The highest BCUT2D eigenvalue weighted by atomic mass is 16.4. The molecule has 0 amide bonds. The highest BCUT2D eigenvalue weighted by Gasteiger charge is 2.07. The zero-order chi connectivity index (χ0) is 4.41. The molecule has 0 aromatic rings. The first kappa shape index (κ1) is 3.74. The molecule has 0 spiro atoms. The van der Waals surface area contributed by atoms with E-state index < -0.39 is 6.00 Å². The van der Waals surface area contributed by atoms with Crippen molar-refractivity contribution in [3.63, 3.8) is 0 Å². The van der Waals surface area contributed by atoms with Gasteiger partial charge < -0.3 is 9.76 Å². The monoisotopic (exact) mass is 83.0 g/mol. The van der Waals surface area contributed by atoms with E-state index in [2.05, 4.69) is 4.65 Å². The Morgan fingerprint density at radius 3 is 2.83 bits per heavy atom. The zero-order valence-corrected chi connectivity index (χ0v) is 3.16. The van der Waals surface area contributed by atoms with E-state index in [1.54, 1.807) is 6.08 Å². The number of hydrogen-bond donors (Lipinski definition) is 1. The van der Waals surface area contributed by atoms with E-state index in [9.17, 15) is 0 Å².